The lowest BCUT2D eigenvalue weighted by Crippen LogP contribution is -2.54. The third-order valence-corrected chi connectivity index (χ3v) is 1.70. The Hall–Kier alpha value is -0.990. The lowest BCUT2D eigenvalue weighted by atomic mass is 10.2. The molecule has 0 amide bonds. The standard InChI is InChI=1S/C8H6ClF7O2/c1-4(9)2-5(17)18-3-6(10,11)7(12,13)8(14,15)16/h1-3H2. The Labute approximate surface area is 101 Å². The molecule has 0 spiro atoms. The fourth-order valence-electron chi connectivity index (χ4n) is 0.677. The third kappa shape index (κ3) is 4.04. The highest BCUT2D eigenvalue weighted by atomic mass is 35.5. The molecule has 106 valence electrons. The minimum Gasteiger partial charge on any atom is -0.459 e. The van der Waals surface area contributed by atoms with Gasteiger partial charge in [0, 0.05) is 5.03 Å². The Kier molecular flexibility index (Phi) is 5.04. The van der Waals surface area contributed by atoms with Crippen LogP contribution in [0.3, 0.4) is 0 Å². The third-order valence-electron chi connectivity index (χ3n) is 1.57. The van der Waals surface area contributed by atoms with Gasteiger partial charge in [0.1, 0.15) is 0 Å². The van der Waals surface area contributed by atoms with Gasteiger partial charge in [-0.1, -0.05) is 18.2 Å². The van der Waals surface area contributed by atoms with Crippen LogP contribution >= 0.6 is 11.6 Å². The van der Waals surface area contributed by atoms with Gasteiger partial charge in [0.25, 0.3) is 0 Å². The molecule has 0 N–H and O–H groups in total. The fourth-order valence-corrected chi connectivity index (χ4v) is 0.786. The zero-order valence-corrected chi connectivity index (χ0v) is 9.22. The van der Waals surface area contributed by atoms with E-state index >= 15 is 0 Å². The van der Waals surface area contributed by atoms with E-state index in [4.69, 9.17) is 11.6 Å². The molecule has 0 aromatic heterocycles. The van der Waals surface area contributed by atoms with E-state index in [9.17, 15) is 35.5 Å². The number of esters is 1. The maximum absolute atomic E-state index is 12.6. The van der Waals surface area contributed by atoms with Crippen LogP contribution in [0.1, 0.15) is 6.42 Å². The van der Waals surface area contributed by atoms with Crippen molar-refractivity contribution in [2.45, 2.75) is 24.4 Å². The molecule has 0 fully saturated rings. The topological polar surface area (TPSA) is 26.3 Å². The van der Waals surface area contributed by atoms with Crippen molar-refractivity contribution in [1.29, 1.82) is 0 Å². The van der Waals surface area contributed by atoms with Crippen molar-refractivity contribution in [3.63, 3.8) is 0 Å². The lowest BCUT2D eigenvalue weighted by molar-refractivity contribution is -0.359. The number of alkyl halides is 7. The van der Waals surface area contributed by atoms with Crippen LogP contribution in [0.4, 0.5) is 30.7 Å². The first-order valence-electron chi connectivity index (χ1n) is 4.12. The summed E-state index contributed by atoms with van der Waals surface area (Å²) in [5.74, 6) is -13.4. The lowest BCUT2D eigenvalue weighted by Gasteiger charge is -2.27. The van der Waals surface area contributed by atoms with Crippen LogP contribution < -0.4 is 0 Å². The molecule has 0 aromatic carbocycles. The molecule has 0 bridgehead atoms. The minimum absolute atomic E-state index is 0.342. The highest BCUT2D eigenvalue weighted by molar-refractivity contribution is 6.30. The smallest absolute Gasteiger partial charge is 0.459 e. The Morgan fingerprint density at radius 1 is 1.11 bits per heavy atom. The minimum atomic E-state index is -6.46. The van der Waals surface area contributed by atoms with Crippen molar-refractivity contribution in [1.82, 2.24) is 0 Å². The quantitative estimate of drug-likeness (QED) is 0.574. The second-order valence-corrected chi connectivity index (χ2v) is 3.67. The van der Waals surface area contributed by atoms with Gasteiger partial charge in [0.2, 0.25) is 0 Å². The summed E-state index contributed by atoms with van der Waals surface area (Å²) < 4.78 is 88.4. The number of carbonyl (C=O) groups is 1. The van der Waals surface area contributed by atoms with E-state index in [1.807, 2.05) is 0 Å². The fraction of sp³-hybridized carbons (Fsp3) is 0.625. The van der Waals surface area contributed by atoms with Crippen LogP contribution in [-0.4, -0.2) is 30.6 Å². The highest BCUT2D eigenvalue weighted by Gasteiger charge is 2.73. The van der Waals surface area contributed by atoms with E-state index in [1.54, 1.807) is 0 Å². The number of hydrogen-bond acceptors (Lipinski definition) is 2. The Balaban J connectivity index is 4.67. The normalized spacial score (nSPS) is 13.3. The first kappa shape index (κ1) is 17.0. The van der Waals surface area contributed by atoms with Crippen molar-refractivity contribution in [3.8, 4) is 0 Å². The maximum Gasteiger partial charge on any atom is 0.460 e. The molecule has 0 aliphatic heterocycles. The summed E-state index contributed by atoms with van der Waals surface area (Å²) in [5, 5.41) is -0.342. The molecule has 0 saturated heterocycles. The summed E-state index contributed by atoms with van der Waals surface area (Å²) in [5.41, 5.74) is 0. The van der Waals surface area contributed by atoms with E-state index < -0.39 is 37.0 Å². The molecule has 0 rings (SSSR count). The average molecular weight is 303 g/mol. The van der Waals surface area contributed by atoms with E-state index in [0.717, 1.165) is 0 Å². The number of halogens is 8. The van der Waals surface area contributed by atoms with Gasteiger partial charge in [0.05, 0.1) is 6.42 Å². The van der Waals surface area contributed by atoms with Crippen molar-refractivity contribution >= 4 is 17.6 Å². The summed E-state index contributed by atoms with van der Waals surface area (Å²) in [6.45, 7) is 0.562. The largest absolute Gasteiger partial charge is 0.460 e. The van der Waals surface area contributed by atoms with Crippen molar-refractivity contribution in [3.05, 3.63) is 11.6 Å². The van der Waals surface area contributed by atoms with E-state index in [0.29, 0.717) is 0 Å². The zero-order chi connectivity index (χ0) is 14.8. The highest BCUT2D eigenvalue weighted by Crippen LogP contribution is 2.46. The molecule has 0 unspecified atom stereocenters. The molecular formula is C8H6ClF7O2. The van der Waals surface area contributed by atoms with Crippen molar-refractivity contribution in [2.75, 3.05) is 6.61 Å². The SMILES string of the molecule is C=C(Cl)CC(=O)OCC(F)(F)C(F)(F)C(F)(F)F. The Bertz CT molecular complexity index is 337. The van der Waals surface area contributed by atoms with Gasteiger partial charge in [-0.15, -0.1) is 0 Å². The molecule has 0 aliphatic carbocycles. The molecular weight excluding hydrogens is 297 g/mol. The van der Waals surface area contributed by atoms with E-state index in [1.165, 1.54) is 0 Å². The molecule has 0 aromatic rings. The predicted octanol–water partition coefficient (Wildman–Crippen LogP) is 3.51. The average Bonchev–Trinajstić information content (AvgIpc) is 2.11. The number of rotatable bonds is 5. The van der Waals surface area contributed by atoms with Gasteiger partial charge in [-0.05, 0) is 0 Å². The number of carbonyl (C=O) groups excluding carboxylic acids is 1. The molecule has 0 heterocycles. The van der Waals surface area contributed by atoms with Crippen LogP contribution in [0.25, 0.3) is 0 Å². The van der Waals surface area contributed by atoms with Crippen LogP contribution in [0.5, 0.6) is 0 Å². The summed E-state index contributed by atoms with van der Waals surface area (Å²) >= 11 is 5.07. The van der Waals surface area contributed by atoms with Crippen molar-refractivity contribution in [2.24, 2.45) is 0 Å². The monoisotopic (exact) mass is 302 g/mol. The molecule has 0 atom stereocenters. The van der Waals surface area contributed by atoms with Gasteiger partial charge in [-0.3, -0.25) is 4.79 Å². The zero-order valence-electron chi connectivity index (χ0n) is 8.46. The maximum atomic E-state index is 12.6. The van der Waals surface area contributed by atoms with Gasteiger partial charge in [0.15, 0.2) is 6.61 Å². The second-order valence-electron chi connectivity index (χ2n) is 3.13. The number of hydrogen-bond donors (Lipinski definition) is 0. The second kappa shape index (κ2) is 5.33. The predicted molar refractivity (Wildman–Crippen MR) is 46.5 cm³/mol. The molecule has 10 heteroatoms. The van der Waals surface area contributed by atoms with Gasteiger partial charge in [-0.2, -0.15) is 30.7 Å². The summed E-state index contributed by atoms with van der Waals surface area (Å²) in [7, 11) is 0. The van der Waals surface area contributed by atoms with Crippen LogP contribution in [-0.2, 0) is 9.53 Å². The summed E-state index contributed by atoms with van der Waals surface area (Å²) in [6, 6.07) is 0. The first-order valence-corrected chi connectivity index (χ1v) is 4.50. The molecule has 0 saturated carbocycles. The number of ether oxygens (including phenoxy) is 1. The van der Waals surface area contributed by atoms with Gasteiger partial charge >= 0.3 is 24.0 Å². The summed E-state index contributed by atoms with van der Waals surface area (Å²) in [4.78, 5) is 10.6. The molecule has 2 nitrogen and oxygen atoms in total. The van der Waals surface area contributed by atoms with Crippen LogP contribution in [0.15, 0.2) is 11.6 Å². The van der Waals surface area contributed by atoms with Crippen molar-refractivity contribution < 1.29 is 40.3 Å². The Morgan fingerprint density at radius 3 is 1.89 bits per heavy atom. The van der Waals surface area contributed by atoms with E-state index in [2.05, 4.69) is 11.3 Å². The van der Waals surface area contributed by atoms with Gasteiger partial charge < -0.3 is 4.74 Å². The molecule has 0 aliphatic rings. The van der Waals surface area contributed by atoms with Crippen LogP contribution in [0.2, 0.25) is 0 Å². The van der Waals surface area contributed by atoms with Gasteiger partial charge in [-0.25, -0.2) is 0 Å². The summed E-state index contributed by atoms with van der Waals surface area (Å²) in [6.07, 6.45) is -7.24. The Morgan fingerprint density at radius 2 is 1.56 bits per heavy atom. The molecule has 18 heavy (non-hydrogen) atoms. The van der Waals surface area contributed by atoms with E-state index in [-0.39, 0.29) is 5.03 Å². The molecule has 0 radical (unpaired) electrons. The van der Waals surface area contributed by atoms with Crippen LogP contribution in [0, 0.1) is 0 Å². The first-order chi connectivity index (χ1) is 7.81.